The quantitative estimate of drug-likeness (QED) is 0.792. The molecule has 88 valence electrons. The molecule has 4 heteroatoms. The van der Waals surface area contributed by atoms with E-state index in [0.29, 0.717) is 12.1 Å². The predicted octanol–water partition coefficient (Wildman–Crippen LogP) is 1.11. The van der Waals surface area contributed by atoms with Crippen molar-refractivity contribution in [3.05, 3.63) is 47.3 Å². The van der Waals surface area contributed by atoms with Crippen molar-refractivity contribution in [3.63, 3.8) is 0 Å². The van der Waals surface area contributed by atoms with Crippen LogP contribution >= 0.6 is 0 Å². The smallest absolute Gasteiger partial charge is 0.0749 e. The van der Waals surface area contributed by atoms with E-state index in [1.54, 1.807) is 4.68 Å². The van der Waals surface area contributed by atoms with E-state index in [2.05, 4.69) is 5.10 Å². The van der Waals surface area contributed by atoms with Gasteiger partial charge in [-0.25, -0.2) is 4.68 Å². The maximum absolute atomic E-state index is 10.9. The Kier molecular flexibility index (Phi) is 2.95. The Balaban J connectivity index is 2.61. The van der Waals surface area contributed by atoms with Gasteiger partial charge in [0.15, 0.2) is 0 Å². The molecule has 0 saturated carbocycles. The van der Waals surface area contributed by atoms with Crippen LogP contribution in [0.3, 0.4) is 0 Å². The average molecular weight is 229 g/mol. The highest BCUT2D eigenvalue weighted by atomic mass is 16.4. The number of carbonyl (C=O) groups excluding carboxylic acids is 1. The fourth-order valence-corrected chi connectivity index (χ4v) is 1.89. The van der Waals surface area contributed by atoms with Gasteiger partial charge in [-0.1, -0.05) is 25.1 Å². The molecule has 1 aromatic carbocycles. The molecule has 0 spiro atoms. The molecule has 0 atom stereocenters. The highest BCUT2D eigenvalue weighted by molar-refractivity contribution is 5.87. The van der Waals surface area contributed by atoms with Gasteiger partial charge in [-0.15, -0.1) is 0 Å². The second-order valence-electron chi connectivity index (χ2n) is 3.84. The van der Waals surface area contributed by atoms with Gasteiger partial charge in [0.05, 0.1) is 23.5 Å². The molecule has 2 aromatic rings. The Morgan fingerprint density at radius 2 is 2.12 bits per heavy atom. The Bertz CT molecular complexity index is 558. The van der Waals surface area contributed by atoms with E-state index in [9.17, 15) is 9.90 Å². The first-order chi connectivity index (χ1) is 8.15. The summed E-state index contributed by atoms with van der Waals surface area (Å²) in [5, 5.41) is 15.1. The normalized spacial score (nSPS) is 10.5. The van der Waals surface area contributed by atoms with Crippen LogP contribution in [0.2, 0.25) is 0 Å². The zero-order valence-electron chi connectivity index (χ0n) is 9.80. The van der Waals surface area contributed by atoms with Crippen LogP contribution in [0.5, 0.6) is 0 Å². The SMILES string of the molecule is CCc1c(C(=O)[O-])cnn1-c1ccccc1C. The molecule has 4 nitrogen and oxygen atoms in total. The minimum atomic E-state index is -1.18. The number of carbonyl (C=O) groups is 1. The number of aryl methyl sites for hydroxylation is 1. The number of aromatic carboxylic acids is 1. The van der Waals surface area contributed by atoms with Crippen LogP contribution in [0.4, 0.5) is 0 Å². The summed E-state index contributed by atoms with van der Waals surface area (Å²) in [7, 11) is 0. The molecular weight excluding hydrogens is 216 g/mol. The molecule has 0 fully saturated rings. The molecule has 0 N–H and O–H groups in total. The third-order valence-electron chi connectivity index (χ3n) is 2.77. The van der Waals surface area contributed by atoms with E-state index in [0.717, 1.165) is 11.3 Å². The standard InChI is InChI=1S/C13H14N2O2/c1-3-11-10(13(16)17)8-14-15(11)12-7-5-4-6-9(12)2/h4-8H,3H2,1-2H3,(H,16,17)/p-1. The maximum Gasteiger partial charge on any atom is 0.0749 e. The van der Waals surface area contributed by atoms with Crippen molar-refractivity contribution >= 4 is 5.97 Å². The van der Waals surface area contributed by atoms with E-state index in [1.807, 2.05) is 38.1 Å². The molecule has 0 aliphatic rings. The Labute approximate surface area is 99.5 Å². The predicted molar refractivity (Wildman–Crippen MR) is 62.0 cm³/mol. The van der Waals surface area contributed by atoms with Gasteiger partial charge in [0, 0.05) is 5.56 Å². The number of hydrogen-bond acceptors (Lipinski definition) is 3. The summed E-state index contributed by atoms with van der Waals surface area (Å²) in [6, 6.07) is 7.73. The topological polar surface area (TPSA) is 57.9 Å². The van der Waals surface area contributed by atoms with Gasteiger partial charge in [-0.05, 0) is 25.0 Å². The van der Waals surface area contributed by atoms with Crippen molar-refractivity contribution in [1.82, 2.24) is 9.78 Å². The number of benzene rings is 1. The molecular formula is C13H13N2O2-. The van der Waals surface area contributed by atoms with Crippen molar-refractivity contribution in [1.29, 1.82) is 0 Å². The van der Waals surface area contributed by atoms with Crippen LogP contribution in [0.25, 0.3) is 5.69 Å². The van der Waals surface area contributed by atoms with Gasteiger partial charge in [-0.2, -0.15) is 5.10 Å². The lowest BCUT2D eigenvalue weighted by Crippen LogP contribution is -2.23. The van der Waals surface area contributed by atoms with Crippen LogP contribution in [0.1, 0.15) is 28.5 Å². The molecule has 2 rings (SSSR count). The van der Waals surface area contributed by atoms with Crippen LogP contribution < -0.4 is 5.11 Å². The number of aromatic nitrogens is 2. The van der Waals surface area contributed by atoms with Crippen molar-refractivity contribution in [2.75, 3.05) is 0 Å². The second-order valence-corrected chi connectivity index (χ2v) is 3.84. The van der Waals surface area contributed by atoms with Crippen molar-refractivity contribution < 1.29 is 9.90 Å². The molecule has 17 heavy (non-hydrogen) atoms. The summed E-state index contributed by atoms with van der Waals surface area (Å²) in [4.78, 5) is 10.9. The van der Waals surface area contributed by atoms with Crippen LogP contribution in [0, 0.1) is 6.92 Å². The van der Waals surface area contributed by atoms with E-state index in [-0.39, 0.29) is 5.56 Å². The number of rotatable bonds is 3. The van der Waals surface area contributed by atoms with Crippen LogP contribution in [-0.4, -0.2) is 15.7 Å². The first kappa shape index (κ1) is 11.4. The summed E-state index contributed by atoms with van der Waals surface area (Å²) in [5.41, 5.74) is 2.78. The average Bonchev–Trinajstić information content (AvgIpc) is 2.73. The third kappa shape index (κ3) is 1.93. The minimum absolute atomic E-state index is 0.163. The molecule has 0 radical (unpaired) electrons. The van der Waals surface area contributed by atoms with Crippen molar-refractivity contribution in [2.45, 2.75) is 20.3 Å². The lowest BCUT2D eigenvalue weighted by atomic mass is 10.1. The number of carboxylic acid groups (broad SMARTS) is 1. The summed E-state index contributed by atoms with van der Waals surface area (Å²) >= 11 is 0. The molecule has 1 aromatic heterocycles. The Morgan fingerprint density at radius 3 is 2.71 bits per heavy atom. The number of nitrogens with zero attached hydrogens (tertiary/aromatic N) is 2. The summed E-state index contributed by atoms with van der Waals surface area (Å²) < 4.78 is 1.67. The van der Waals surface area contributed by atoms with Gasteiger partial charge in [0.2, 0.25) is 0 Å². The van der Waals surface area contributed by atoms with E-state index >= 15 is 0 Å². The highest BCUT2D eigenvalue weighted by Crippen LogP contribution is 2.18. The Hall–Kier alpha value is -2.10. The van der Waals surface area contributed by atoms with E-state index in [1.165, 1.54) is 6.20 Å². The number of hydrogen-bond donors (Lipinski definition) is 0. The zero-order chi connectivity index (χ0) is 12.4. The molecule has 0 unspecified atom stereocenters. The molecule has 0 saturated heterocycles. The zero-order valence-corrected chi connectivity index (χ0v) is 9.80. The monoisotopic (exact) mass is 229 g/mol. The summed E-state index contributed by atoms with van der Waals surface area (Å²) in [5.74, 6) is -1.18. The molecule has 0 amide bonds. The third-order valence-corrected chi connectivity index (χ3v) is 2.77. The lowest BCUT2D eigenvalue weighted by molar-refractivity contribution is -0.255. The Morgan fingerprint density at radius 1 is 1.41 bits per heavy atom. The second kappa shape index (κ2) is 4.41. The lowest BCUT2D eigenvalue weighted by Gasteiger charge is -2.10. The largest absolute Gasteiger partial charge is 0.545 e. The molecule has 1 heterocycles. The molecule has 0 aliphatic heterocycles. The van der Waals surface area contributed by atoms with Crippen molar-refractivity contribution in [3.8, 4) is 5.69 Å². The van der Waals surface area contributed by atoms with Gasteiger partial charge in [0.1, 0.15) is 0 Å². The van der Waals surface area contributed by atoms with Gasteiger partial charge >= 0.3 is 0 Å². The van der Waals surface area contributed by atoms with Gasteiger partial charge in [0.25, 0.3) is 0 Å². The fraction of sp³-hybridized carbons (Fsp3) is 0.231. The number of carboxylic acids is 1. The van der Waals surface area contributed by atoms with Crippen LogP contribution in [-0.2, 0) is 6.42 Å². The van der Waals surface area contributed by atoms with Crippen LogP contribution in [0.15, 0.2) is 30.5 Å². The molecule has 0 aliphatic carbocycles. The minimum Gasteiger partial charge on any atom is -0.545 e. The first-order valence-electron chi connectivity index (χ1n) is 5.49. The summed E-state index contributed by atoms with van der Waals surface area (Å²) in [6.07, 6.45) is 1.94. The summed E-state index contributed by atoms with van der Waals surface area (Å²) in [6.45, 7) is 3.87. The van der Waals surface area contributed by atoms with E-state index in [4.69, 9.17) is 0 Å². The highest BCUT2D eigenvalue weighted by Gasteiger charge is 2.12. The maximum atomic E-state index is 10.9. The van der Waals surface area contributed by atoms with E-state index < -0.39 is 5.97 Å². The van der Waals surface area contributed by atoms with Gasteiger partial charge in [-0.3, -0.25) is 0 Å². The fourth-order valence-electron chi connectivity index (χ4n) is 1.89. The first-order valence-corrected chi connectivity index (χ1v) is 5.49. The van der Waals surface area contributed by atoms with Crippen molar-refractivity contribution in [2.24, 2.45) is 0 Å². The molecule has 0 bridgehead atoms. The van der Waals surface area contributed by atoms with Gasteiger partial charge < -0.3 is 9.90 Å². The number of para-hydroxylation sites is 1.